The number of carbonyl (C=O) groups excluding carboxylic acids is 1. The Kier molecular flexibility index (Phi) is 6.68. The number of ether oxygens (including phenoxy) is 3. The lowest BCUT2D eigenvalue weighted by Gasteiger charge is -2.23. The van der Waals surface area contributed by atoms with E-state index in [4.69, 9.17) is 14.2 Å². The van der Waals surface area contributed by atoms with Gasteiger partial charge in [-0.1, -0.05) is 12.1 Å². The number of nitrogens with zero attached hydrogens (tertiary/aromatic N) is 2. The number of rotatable bonds is 8. The number of hydrogen-bond donors (Lipinski definition) is 0. The molecule has 2 aromatic carbocycles. The maximum atomic E-state index is 13.2. The Morgan fingerprint density at radius 1 is 0.862 bits per heavy atom. The fourth-order valence-corrected chi connectivity index (χ4v) is 3.03. The van der Waals surface area contributed by atoms with Crippen LogP contribution < -0.4 is 14.2 Å². The van der Waals surface area contributed by atoms with E-state index < -0.39 is 0 Å². The van der Waals surface area contributed by atoms with Crippen LogP contribution in [0, 0.1) is 0 Å². The van der Waals surface area contributed by atoms with Gasteiger partial charge in [0.15, 0.2) is 11.5 Å². The van der Waals surface area contributed by atoms with Crippen molar-refractivity contribution in [2.45, 2.75) is 13.1 Å². The summed E-state index contributed by atoms with van der Waals surface area (Å²) < 4.78 is 15.9. The third kappa shape index (κ3) is 5.04. The van der Waals surface area contributed by atoms with E-state index in [1.807, 2.05) is 30.3 Å². The molecule has 0 aliphatic heterocycles. The van der Waals surface area contributed by atoms with Crippen molar-refractivity contribution in [3.8, 4) is 17.2 Å². The van der Waals surface area contributed by atoms with Gasteiger partial charge in [0.2, 0.25) is 0 Å². The summed E-state index contributed by atoms with van der Waals surface area (Å²) >= 11 is 0. The molecule has 29 heavy (non-hydrogen) atoms. The largest absolute Gasteiger partial charge is 0.497 e. The summed E-state index contributed by atoms with van der Waals surface area (Å²) in [5.41, 5.74) is 2.48. The number of aromatic nitrogens is 1. The molecule has 0 saturated heterocycles. The highest BCUT2D eigenvalue weighted by Gasteiger charge is 2.18. The number of pyridine rings is 1. The highest BCUT2D eigenvalue weighted by molar-refractivity contribution is 5.94. The van der Waals surface area contributed by atoms with Crippen LogP contribution in [0.1, 0.15) is 21.5 Å². The van der Waals surface area contributed by atoms with Crippen molar-refractivity contribution < 1.29 is 19.0 Å². The lowest BCUT2D eigenvalue weighted by Crippen LogP contribution is -2.30. The summed E-state index contributed by atoms with van der Waals surface area (Å²) in [6.07, 6.45) is 3.48. The Morgan fingerprint density at radius 3 is 2.21 bits per heavy atom. The Hall–Kier alpha value is -3.54. The topological polar surface area (TPSA) is 60.9 Å². The predicted octanol–water partition coefficient (Wildman–Crippen LogP) is 3.95. The first kappa shape index (κ1) is 20.2. The first-order valence-corrected chi connectivity index (χ1v) is 9.17. The van der Waals surface area contributed by atoms with E-state index in [9.17, 15) is 4.79 Å². The molecule has 0 radical (unpaired) electrons. The SMILES string of the molecule is COc1ccc(C(=O)N(Cc2cccnc2)Cc2ccc(OC)c(OC)c2)cc1. The zero-order chi connectivity index (χ0) is 20.6. The van der Waals surface area contributed by atoms with E-state index in [1.54, 1.807) is 62.9 Å². The molecule has 6 heteroatoms. The van der Waals surface area contributed by atoms with Crippen molar-refractivity contribution in [3.05, 3.63) is 83.7 Å². The standard InChI is InChI=1S/C23H24N2O4/c1-27-20-9-7-19(8-10-20)23(26)25(16-18-5-4-12-24-14-18)15-17-6-11-21(28-2)22(13-17)29-3/h4-14H,15-16H2,1-3H3. The van der Waals surface area contributed by atoms with Gasteiger partial charge in [-0.2, -0.15) is 0 Å². The first-order valence-electron chi connectivity index (χ1n) is 9.17. The highest BCUT2D eigenvalue weighted by atomic mass is 16.5. The zero-order valence-electron chi connectivity index (χ0n) is 16.8. The van der Waals surface area contributed by atoms with E-state index in [0.717, 1.165) is 11.1 Å². The van der Waals surface area contributed by atoms with Crippen molar-refractivity contribution in [1.82, 2.24) is 9.88 Å². The Bertz CT molecular complexity index is 943. The molecule has 0 N–H and O–H groups in total. The van der Waals surface area contributed by atoms with Gasteiger partial charge in [-0.15, -0.1) is 0 Å². The van der Waals surface area contributed by atoms with Crippen LogP contribution in [-0.4, -0.2) is 37.1 Å². The average molecular weight is 392 g/mol. The molecule has 3 rings (SSSR count). The highest BCUT2D eigenvalue weighted by Crippen LogP contribution is 2.28. The van der Waals surface area contributed by atoms with Gasteiger partial charge >= 0.3 is 0 Å². The molecular weight excluding hydrogens is 368 g/mol. The summed E-state index contributed by atoms with van der Waals surface area (Å²) in [7, 11) is 4.79. The third-order valence-corrected chi connectivity index (χ3v) is 4.54. The van der Waals surface area contributed by atoms with Gasteiger partial charge in [0.1, 0.15) is 5.75 Å². The summed E-state index contributed by atoms with van der Waals surface area (Å²) in [6.45, 7) is 0.854. The predicted molar refractivity (Wildman–Crippen MR) is 110 cm³/mol. The summed E-state index contributed by atoms with van der Waals surface area (Å²) in [6, 6.07) is 16.6. The van der Waals surface area contributed by atoms with E-state index >= 15 is 0 Å². The molecule has 0 spiro atoms. The molecule has 1 heterocycles. The minimum absolute atomic E-state index is 0.0775. The normalized spacial score (nSPS) is 10.3. The molecule has 0 fully saturated rings. The molecule has 1 aromatic heterocycles. The van der Waals surface area contributed by atoms with Crippen LogP contribution in [-0.2, 0) is 13.1 Å². The number of benzene rings is 2. The average Bonchev–Trinajstić information content (AvgIpc) is 2.78. The van der Waals surface area contributed by atoms with E-state index in [0.29, 0.717) is 35.9 Å². The summed E-state index contributed by atoms with van der Waals surface area (Å²) in [4.78, 5) is 19.2. The number of methoxy groups -OCH3 is 3. The monoisotopic (exact) mass is 392 g/mol. The minimum atomic E-state index is -0.0775. The van der Waals surface area contributed by atoms with Crippen LogP contribution in [0.3, 0.4) is 0 Å². The first-order chi connectivity index (χ1) is 14.1. The van der Waals surface area contributed by atoms with Crippen molar-refractivity contribution in [2.75, 3.05) is 21.3 Å². The Balaban J connectivity index is 1.89. The van der Waals surface area contributed by atoms with Crippen molar-refractivity contribution in [1.29, 1.82) is 0 Å². The lowest BCUT2D eigenvalue weighted by atomic mass is 10.1. The van der Waals surface area contributed by atoms with Gasteiger partial charge in [-0.25, -0.2) is 0 Å². The quantitative estimate of drug-likeness (QED) is 0.581. The fourth-order valence-electron chi connectivity index (χ4n) is 3.03. The smallest absolute Gasteiger partial charge is 0.254 e. The summed E-state index contributed by atoms with van der Waals surface area (Å²) in [5.74, 6) is 1.91. The van der Waals surface area contributed by atoms with Crippen LogP contribution in [0.4, 0.5) is 0 Å². The molecular formula is C23H24N2O4. The van der Waals surface area contributed by atoms with Crippen LogP contribution in [0.5, 0.6) is 17.2 Å². The van der Waals surface area contributed by atoms with Gasteiger partial charge in [-0.05, 0) is 53.6 Å². The molecule has 1 amide bonds. The van der Waals surface area contributed by atoms with Gasteiger partial charge in [0.05, 0.1) is 21.3 Å². The van der Waals surface area contributed by atoms with Crippen molar-refractivity contribution >= 4 is 5.91 Å². The molecule has 0 aliphatic carbocycles. The van der Waals surface area contributed by atoms with E-state index in [2.05, 4.69) is 4.98 Å². The molecule has 0 saturated carbocycles. The van der Waals surface area contributed by atoms with Crippen LogP contribution in [0.25, 0.3) is 0 Å². The number of hydrogen-bond acceptors (Lipinski definition) is 5. The molecule has 0 unspecified atom stereocenters. The molecule has 0 atom stereocenters. The van der Waals surface area contributed by atoms with Gasteiger partial charge in [0, 0.05) is 31.0 Å². The van der Waals surface area contributed by atoms with Crippen LogP contribution in [0.15, 0.2) is 67.0 Å². The zero-order valence-corrected chi connectivity index (χ0v) is 16.8. The molecule has 3 aromatic rings. The fraction of sp³-hybridized carbons (Fsp3) is 0.217. The van der Waals surface area contributed by atoms with Gasteiger partial charge < -0.3 is 19.1 Å². The number of carbonyl (C=O) groups is 1. The van der Waals surface area contributed by atoms with E-state index in [1.165, 1.54) is 0 Å². The van der Waals surface area contributed by atoms with Crippen LogP contribution >= 0.6 is 0 Å². The maximum Gasteiger partial charge on any atom is 0.254 e. The number of amides is 1. The second-order valence-corrected chi connectivity index (χ2v) is 6.44. The van der Waals surface area contributed by atoms with Gasteiger partial charge in [0.25, 0.3) is 5.91 Å². The minimum Gasteiger partial charge on any atom is -0.497 e. The maximum absolute atomic E-state index is 13.2. The molecule has 0 aliphatic rings. The summed E-state index contributed by atoms with van der Waals surface area (Å²) in [5, 5.41) is 0. The Labute approximate surface area is 170 Å². The van der Waals surface area contributed by atoms with Crippen molar-refractivity contribution in [3.63, 3.8) is 0 Å². The van der Waals surface area contributed by atoms with Crippen LogP contribution in [0.2, 0.25) is 0 Å². The molecule has 6 nitrogen and oxygen atoms in total. The Morgan fingerprint density at radius 2 is 1.59 bits per heavy atom. The van der Waals surface area contributed by atoms with E-state index in [-0.39, 0.29) is 5.91 Å². The van der Waals surface area contributed by atoms with Crippen molar-refractivity contribution in [2.24, 2.45) is 0 Å². The van der Waals surface area contributed by atoms with Gasteiger partial charge in [-0.3, -0.25) is 9.78 Å². The molecule has 150 valence electrons. The second kappa shape index (κ2) is 9.59. The third-order valence-electron chi connectivity index (χ3n) is 4.54. The molecule has 0 bridgehead atoms. The second-order valence-electron chi connectivity index (χ2n) is 6.44. The lowest BCUT2D eigenvalue weighted by molar-refractivity contribution is 0.0729.